The fourth-order valence-electron chi connectivity index (χ4n) is 3.03. The lowest BCUT2D eigenvalue weighted by atomic mass is 9.89. The van der Waals surface area contributed by atoms with Gasteiger partial charge in [0, 0.05) is 16.5 Å². The average Bonchev–Trinajstić information content (AvgIpc) is 2.64. The average molecular weight is 303 g/mol. The van der Waals surface area contributed by atoms with Gasteiger partial charge in [-0.1, -0.05) is 35.9 Å². The van der Waals surface area contributed by atoms with Crippen LogP contribution in [0.4, 0.5) is 4.39 Å². The maximum absolute atomic E-state index is 13.9. The smallest absolute Gasteiger partial charge is 0.166 e. The molecule has 0 heterocycles. The highest BCUT2D eigenvalue weighted by molar-refractivity contribution is 6.30. The van der Waals surface area contributed by atoms with Gasteiger partial charge in [0.1, 0.15) is 5.82 Å². The molecule has 2 aromatic rings. The molecule has 0 radical (unpaired) electrons. The SMILES string of the molecule is O=C1c2ccccc2CCCC1Cc1cc(Cl)ccc1F. The number of aryl methyl sites for hydroxylation is 1. The Balaban J connectivity index is 1.89. The highest BCUT2D eigenvalue weighted by Crippen LogP contribution is 2.28. The number of hydrogen-bond donors (Lipinski definition) is 0. The molecule has 1 unspecified atom stereocenters. The van der Waals surface area contributed by atoms with Crippen LogP contribution in [0.25, 0.3) is 0 Å². The van der Waals surface area contributed by atoms with Crippen molar-refractivity contribution in [2.24, 2.45) is 5.92 Å². The number of halogens is 2. The minimum absolute atomic E-state index is 0.127. The first-order valence-electron chi connectivity index (χ1n) is 7.21. The molecule has 0 amide bonds. The third-order valence-electron chi connectivity index (χ3n) is 4.13. The lowest BCUT2D eigenvalue weighted by Crippen LogP contribution is -2.17. The van der Waals surface area contributed by atoms with Crippen molar-refractivity contribution >= 4 is 17.4 Å². The summed E-state index contributed by atoms with van der Waals surface area (Å²) in [4.78, 5) is 12.7. The van der Waals surface area contributed by atoms with Crippen LogP contribution in [0.15, 0.2) is 42.5 Å². The van der Waals surface area contributed by atoms with Crippen molar-refractivity contribution in [3.05, 3.63) is 70.0 Å². The Morgan fingerprint density at radius 2 is 2.00 bits per heavy atom. The van der Waals surface area contributed by atoms with E-state index in [0.29, 0.717) is 17.0 Å². The number of carbonyl (C=O) groups is 1. The van der Waals surface area contributed by atoms with Crippen LogP contribution in [0, 0.1) is 11.7 Å². The van der Waals surface area contributed by atoms with Crippen LogP contribution in [0.2, 0.25) is 5.02 Å². The maximum atomic E-state index is 13.9. The van der Waals surface area contributed by atoms with Crippen LogP contribution in [-0.2, 0) is 12.8 Å². The summed E-state index contributed by atoms with van der Waals surface area (Å²) in [7, 11) is 0. The van der Waals surface area contributed by atoms with Gasteiger partial charge in [-0.3, -0.25) is 4.79 Å². The summed E-state index contributed by atoms with van der Waals surface area (Å²) in [6.45, 7) is 0. The van der Waals surface area contributed by atoms with E-state index in [1.807, 2.05) is 24.3 Å². The molecule has 0 aromatic heterocycles. The molecule has 108 valence electrons. The van der Waals surface area contributed by atoms with Gasteiger partial charge in [-0.25, -0.2) is 4.39 Å². The van der Waals surface area contributed by atoms with Crippen LogP contribution in [-0.4, -0.2) is 5.78 Å². The Morgan fingerprint density at radius 1 is 1.19 bits per heavy atom. The zero-order valence-corrected chi connectivity index (χ0v) is 12.4. The van der Waals surface area contributed by atoms with Gasteiger partial charge in [0.15, 0.2) is 5.78 Å². The lowest BCUT2D eigenvalue weighted by Gasteiger charge is -2.14. The Bertz CT molecular complexity index is 681. The Labute approximate surface area is 128 Å². The van der Waals surface area contributed by atoms with Crippen molar-refractivity contribution in [1.29, 1.82) is 0 Å². The number of rotatable bonds is 2. The third kappa shape index (κ3) is 3.01. The van der Waals surface area contributed by atoms with E-state index in [-0.39, 0.29) is 17.5 Å². The second kappa shape index (κ2) is 5.98. The number of carbonyl (C=O) groups excluding carboxylic acids is 1. The van der Waals surface area contributed by atoms with Crippen LogP contribution in [0.1, 0.15) is 34.3 Å². The minimum Gasteiger partial charge on any atom is -0.294 e. The Morgan fingerprint density at radius 3 is 2.86 bits per heavy atom. The quantitative estimate of drug-likeness (QED) is 0.724. The predicted molar refractivity (Wildman–Crippen MR) is 82.3 cm³/mol. The molecule has 1 aliphatic rings. The molecule has 0 spiro atoms. The van der Waals surface area contributed by atoms with Crippen molar-refractivity contribution in [1.82, 2.24) is 0 Å². The Hall–Kier alpha value is -1.67. The van der Waals surface area contributed by atoms with Gasteiger partial charge in [0.2, 0.25) is 0 Å². The van der Waals surface area contributed by atoms with Gasteiger partial charge in [-0.2, -0.15) is 0 Å². The zero-order valence-electron chi connectivity index (χ0n) is 11.6. The highest BCUT2D eigenvalue weighted by atomic mass is 35.5. The van der Waals surface area contributed by atoms with E-state index >= 15 is 0 Å². The summed E-state index contributed by atoms with van der Waals surface area (Å²) in [6.07, 6.45) is 3.07. The fourth-order valence-corrected chi connectivity index (χ4v) is 3.22. The molecule has 0 N–H and O–H groups in total. The molecule has 3 rings (SSSR count). The van der Waals surface area contributed by atoms with E-state index in [0.717, 1.165) is 30.4 Å². The molecular formula is C18H16ClFO. The topological polar surface area (TPSA) is 17.1 Å². The molecule has 0 saturated carbocycles. The van der Waals surface area contributed by atoms with E-state index < -0.39 is 0 Å². The largest absolute Gasteiger partial charge is 0.294 e. The number of ketones is 1. The van der Waals surface area contributed by atoms with E-state index in [1.165, 1.54) is 12.1 Å². The summed E-state index contributed by atoms with van der Waals surface area (Å²) in [5, 5.41) is 0.507. The van der Waals surface area contributed by atoms with E-state index in [4.69, 9.17) is 11.6 Å². The molecule has 3 heteroatoms. The van der Waals surface area contributed by atoms with Gasteiger partial charge >= 0.3 is 0 Å². The van der Waals surface area contributed by atoms with E-state index in [2.05, 4.69) is 0 Å². The lowest BCUT2D eigenvalue weighted by molar-refractivity contribution is 0.0915. The van der Waals surface area contributed by atoms with Gasteiger partial charge in [0.05, 0.1) is 0 Å². The van der Waals surface area contributed by atoms with Crippen LogP contribution < -0.4 is 0 Å². The van der Waals surface area contributed by atoms with Crippen molar-refractivity contribution in [3.8, 4) is 0 Å². The van der Waals surface area contributed by atoms with Crippen molar-refractivity contribution in [3.63, 3.8) is 0 Å². The molecule has 1 nitrogen and oxygen atoms in total. The summed E-state index contributed by atoms with van der Waals surface area (Å²) < 4.78 is 13.9. The minimum atomic E-state index is -0.287. The molecule has 1 aliphatic carbocycles. The number of fused-ring (bicyclic) bond motifs is 1. The maximum Gasteiger partial charge on any atom is 0.166 e. The standard InChI is InChI=1S/C18H16ClFO/c19-15-8-9-17(20)14(11-15)10-13-6-3-5-12-4-1-2-7-16(12)18(13)21/h1-2,4,7-9,11,13H,3,5-6,10H2. The first-order valence-corrected chi connectivity index (χ1v) is 7.59. The fraction of sp³-hybridized carbons (Fsp3) is 0.278. The van der Waals surface area contributed by atoms with Gasteiger partial charge in [-0.15, -0.1) is 0 Å². The van der Waals surface area contributed by atoms with Crippen molar-refractivity contribution in [2.45, 2.75) is 25.7 Å². The first kappa shape index (κ1) is 14.3. The number of Topliss-reactive ketones (excluding diaryl/α,β-unsaturated/α-hetero) is 1. The molecule has 2 aromatic carbocycles. The second-order valence-electron chi connectivity index (χ2n) is 5.55. The van der Waals surface area contributed by atoms with Crippen molar-refractivity contribution in [2.75, 3.05) is 0 Å². The second-order valence-corrected chi connectivity index (χ2v) is 5.99. The van der Waals surface area contributed by atoms with Crippen LogP contribution >= 0.6 is 11.6 Å². The molecule has 0 saturated heterocycles. The van der Waals surface area contributed by atoms with Crippen LogP contribution in [0.5, 0.6) is 0 Å². The van der Waals surface area contributed by atoms with Gasteiger partial charge in [-0.05, 0) is 55.0 Å². The zero-order chi connectivity index (χ0) is 14.8. The van der Waals surface area contributed by atoms with Crippen molar-refractivity contribution < 1.29 is 9.18 Å². The summed E-state index contributed by atoms with van der Waals surface area (Å²) in [5.41, 5.74) is 2.43. The predicted octanol–water partition coefficient (Wildman–Crippen LogP) is 4.86. The van der Waals surface area contributed by atoms with Crippen LogP contribution in [0.3, 0.4) is 0 Å². The number of benzene rings is 2. The molecular weight excluding hydrogens is 287 g/mol. The molecule has 0 aliphatic heterocycles. The van der Waals surface area contributed by atoms with Gasteiger partial charge in [0.25, 0.3) is 0 Å². The first-order chi connectivity index (χ1) is 10.1. The summed E-state index contributed by atoms with van der Waals surface area (Å²) in [6, 6.07) is 12.3. The number of hydrogen-bond acceptors (Lipinski definition) is 1. The normalized spacial score (nSPS) is 18.2. The van der Waals surface area contributed by atoms with E-state index in [9.17, 15) is 9.18 Å². The summed E-state index contributed by atoms with van der Waals surface area (Å²) >= 11 is 5.93. The monoisotopic (exact) mass is 302 g/mol. The Kier molecular flexibility index (Phi) is 4.07. The summed E-state index contributed by atoms with van der Waals surface area (Å²) in [5.74, 6) is -0.325. The highest BCUT2D eigenvalue weighted by Gasteiger charge is 2.26. The molecule has 0 bridgehead atoms. The third-order valence-corrected chi connectivity index (χ3v) is 4.36. The molecule has 1 atom stereocenters. The van der Waals surface area contributed by atoms with E-state index in [1.54, 1.807) is 6.07 Å². The molecule has 21 heavy (non-hydrogen) atoms. The van der Waals surface area contributed by atoms with Gasteiger partial charge < -0.3 is 0 Å². The molecule has 0 fully saturated rings.